The molecule has 0 amide bonds. The standard InChI is InChI=1S/C14H21F2N3/c1-10(19-5-3-2-4-6-19)9-18-13-8-11(15)7-12(16)14(13)17/h7-8,10,18H,2-6,9,17H2,1H3. The van der Waals surface area contributed by atoms with Crippen LogP contribution in [0.4, 0.5) is 20.2 Å². The van der Waals surface area contributed by atoms with Crippen molar-refractivity contribution in [2.24, 2.45) is 0 Å². The fourth-order valence-corrected chi connectivity index (χ4v) is 2.48. The monoisotopic (exact) mass is 269 g/mol. The van der Waals surface area contributed by atoms with Gasteiger partial charge < -0.3 is 11.1 Å². The third-order valence-corrected chi connectivity index (χ3v) is 3.70. The molecule has 1 saturated heterocycles. The van der Waals surface area contributed by atoms with Crippen molar-refractivity contribution in [2.75, 3.05) is 30.7 Å². The Labute approximate surface area is 112 Å². The van der Waals surface area contributed by atoms with E-state index in [1.54, 1.807) is 0 Å². The van der Waals surface area contributed by atoms with Gasteiger partial charge in [0.2, 0.25) is 0 Å². The third kappa shape index (κ3) is 3.56. The van der Waals surface area contributed by atoms with Crippen molar-refractivity contribution in [3.63, 3.8) is 0 Å². The fraction of sp³-hybridized carbons (Fsp3) is 0.571. The quantitative estimate of drug-likeness (QED) is 0.826. The zero-order chi connectivity index (χ0) is 13.8. The second kappa shape index (κ2) is 6.19. The molecule has 1 heterocycles. The van der Waals surface area contributed by atoms with Gasteiger partial charge in [-0.1, -0.05) is 6.42 Å². The summed E-state index contributed by atoms with van der Waals surface area (Å²) in [6.07, 6.45) is 3.74. The van der Waals surface area contributed by atoms with E-state index < -0.39 is 11.6 Å². The normalized spacial score (nSPS) is 18.3. The van der Waals surface area contributed by atoms with Gasteiger partial charge in [0.05, 0.1) is 11.4 Å². The van der Waals surface area contributed by atoms with Gasteiger partial charge in [-0.3, -0.25) is 4.90 Å². The average Bonchev–Trinajstić information content (AvgIpc) is 2.41. The molecule has 1 unspecified atom stereocenters. The molecule has 1 aliphatic heterocycles. The summed E-state index contributed by atoms with van der Waals surface area (Å²) < 4.78 is 26.4. The molecular formula is C14H21F2N3. The number of hydrogen-bond acceptors (Lipinski definition) is 3. The molecule has 19 heavy (non-hydrogen) atoms. The summed E-state index contributed by atoms with van der Waals surface area (Å²) >= 11 is 0. The molecule has 0 saturated carbocycles. The largest absolute Gasteiger partial charge is 0.395 e. The first kappa shape index (κ1) is 14.1. The molecular weight excluding hydrogens is 248 g/mol. The highest BCUT2D eigenvalue weighted by Crippen LogP contribution is 2.23. The van der Waals surface area contributed by atoms with E-state index in [4.69, 9.17) is 5.73 Å². The lowest BCUT2D eigenvalue weighted by Crippen LogP contribution is -2.41. The van der Waals surface area contributed by atoms with Gasteiger partial charge in [-0.2, -0.15) is 0 Å². The number of nitrogens with zero attached hydrogens (tertiary/aromatic N) is 1. The summed E-state index contributed by atoms with van der Waals surface area (Å²) in [4.78, 5) is 2.39. The molecule has 1 aromatic rings. The maximum Gasteiger partial charge on any atom is 0.151 e. The van der Waals surface area contributed by atoms with Crippen molar-refractivity contribution >= 4 is 11.4 Å². The van der Waals surface area contributed by atoms with E-state index in [-0.39, 0.29) is 5.69 Å². The number of hydrogen-bond donors (Lipinski definition) is 2. The Bertz CT molecular complexity index is 431. The van der Waals surface area contributed by atoms with Gasteiger partial charge in [0.25, 0.3) is 0 Å². The Balaban J connectivity index is 1.94. The van der Waals surface area contributed by atoms with Crippen molar-refractivity contribution in [1.82, 2.24) is 4.90 Å². The van der Waals surface area contributed by atoms with E-state index in [1.165, 1.54) is 25.3 Å². The van der Waals surface area contributed by atoms with E-state index in [2.05, 4.69) is 17.1 Å². The van der Waals surface area contributed by atoms with Crippen molar-refractivity contribution in [3.05, 3.63) is 23.8 Å². The van der Waals surface area contributed by atoms with Gasteiger partial charge in [-0.15, -0.1) is 0 Å². The average molecular weight is 269 g/mol. The summed E-state index contributed by atoms with van der Waals surface area (Å²) in [7, 11) is 0. The zero-order valence-electron chi connectivity index (χ0n) is 11.3. The van der Waals surface area contributed by atoms with Crippen molar-refractivity contribution in [1.29, 1.82) is 0 Å². The number of nitrogens with one attached hydrogen (secondary N) is 1. The minimum absolute atomic E-state index is 0.0211. The lowest BCUT2D eigenvalue weighted by molar-refractivity contribution is 0.180. The number of benzene rings is 1. The van der Waals surface area contributed by atoms with Crippen LogP contribution in [0.15, 0.2) is 12.1 Å². The Kier molecular flexibility index (Phi) is 4.58. The number of rotatable bonds is 4. The minimum atomic E-state index is -0.715. The fourth-order valence-electron chi connectivity index (χ4n) is 2.48. The molecule has 5 heteroatoms. The molecule has 1 atom stereocenters. The van der Waals surface area contributed by atoms with E-state index in [0.717, 1.165) is 19.2 Å². The second-order valence-corrected chi connectivity index (χ2v) is 5.18. The molecule has 0 aliphatic carbocycles. The highest BCUT2D eigenvalue weighted by molar-refractivity contribution is 5.66. The van der Waals surface area contributed by atoms with E-state index in [9.17, 15) is 8.78 Å². The van der Waals surface area contributed by atoms with Crippen LogP contribution in [0.5, 0.6) is 0 Å². The van der Waals surface area contributed by atoms with Crippen molar-refractivity contribution in [3.8, 4) is 0 Å². The molecule has 106 valence electrons. The summed E-state index contributed by atoms with van der Waals surface area (Å²) in [5.41, 5.74) is 5.91. The van der Waals surface area contributed by atoms with Crippen LogP contribution in [0, 0.1) is 11.6 Å². The van der Waals surface area contributed by atoms with Crippen LogP contribution in [-0.2, 0) is 0 Å². The smallest absolute Gasteiger partial charge is 0.151 e. The molecule has 1 aliphatic rings. The maximum atomic E-state index is 13.3. The SMILES string of the molecule is CC(CNc1cc(F)cc(F)c1N)N1CCCCC1. The van der Waals surface area contributed by atoms with Gasteiger partial charge in [-0.05, 0) is 38.9 Å². The number of likely N-dealkylation sites (tertiary alicyclic amines) is 1. The number of halogens is 2. The van der Waals surface area contributed by atoms with Crippen LogP contribution >= 0.6 is 0 Å². The van der Waals surface area contributed by atoms with Gasteiger partial charge in [-0.25, -0.2) is 8.78 Å². The van der Waals surface area contributed by atoms with Crippen LogP contribution in [0.1, 0.15) is 26.2 Å². The summed E-state index contributed by atoms with van der Waals surface area (Å²) in [5, 5.41) is 3.04. The molecule has 0 bridgehead atoms. The third-order valence-electron chi connectivity index (χ3n) is 3.70. The van der Waals surface area contributed by atoms with Crippen LogP contribution in [0.3, 0.4) is 0 Å². The highest BCUT2D eigenvalue weighted by Gasteiger charge is 2.17. The first-order valence-corrected chi connectivity index (χ1v) is 6.80. The Morgan fingerprint density at radius 2 is 1.95 bits per heavy atom. The molecule has 0 aromatic heterocycles. The first-order valence-electron chi connectivity index (χ1n) is 6.80. The van der Waals surface area contributed by atoms with Gasteiger partial charge >= 0.3 is 0 Å². The predicted molar refractivity (Wildman–Crippen MR) is 74.1 cm³/mol. The Hall–Kier alpha value is -1.36. The van der Waals surface area contributed by atoms with E-state index >= 15 is 0 Å². The Morgan fingerprint density at radius 1 is 1.26 bits per heavy atom. The molecule has 0 radical (unpaired) electrons. The topological polar surface area (TPSA) is 41.3 Å². The van der Waals surface area contributed by atoms with Crippen LogP contribution in [-0.4, -0.2) is 30.6 Å². The van der Waals surface area contributed by atoms with E-state index in [1.807, 2.05) is 0 Å². The molecule has 1 aromatic carbocycles. The molecule has 3 N–H and O–H groups in total. The van der Waals surface area contributed by atoms with Crippen molar-refractivity contribution in [2.45, 2.75) is 32.2 Å². The lowest BCUT2D eigenvalue weighted by atomic mass is 10.1. The summed E-state index contributed by atoms with van der Waals surface area (Å²) in [5.74, 6) is -1.33. The highest BCUT2D eigenvalue weighted by atomic mass is 19.1. The number of nitrogen functional groups attached to an aromatic ring is 1. The number of nitrogens with two attached hydrogens (primary N) is 1. The molecule has 1 fully saturated rings. The number of piperidine rings is 1. The number of anilines is 2. The predicted octanol–water partition coefficient (Wildman–Crippen LogP) is 2.83. The van der Waals surface area contributed by atoms with Crippen LogP contribution in [0.2, 0.25) is 0 Å². The summed E-state index contributed by atoms with van der Waals surface area (Å²) in [6, 6.07) is 2.36. The lowest BCUT2D eigenvalue weighted by Gasteiger charge is -2.32. The van der Waals surface area contributed by atoms with Gasteiger partial charge in [0.15, 0.2) is 5.82 Å². The minimum Gasteiger partial charge on any atom is -0.395 e. The Morgan fingerprint density at radius 3 is 2.63 bits per heavy atom. The first-order chi connectivity index (χ1) is 9.08. The zero-order valence-corrected chi connectivity index (χ0v) is 11.3. The van der Waals surface area contributed by atoms with Gasteiger partial charge in [0.1, 0.15) is 5.82 Å². The molecule has 2 rings (SSSR count). The molecule has 3 nitrogen and oxygen atoms in total. The second-order valence-electron chi connectivity index (χ2n) is 5.18. The molecule has 0 spiro atoms. The summed E-state index contributed by atoms with van der Waals surface area (Å²) in [6.45, 7) is 4.93. The van der Waals surface area contributed by atoms with E-state index in [0.29, 0.717) is 18.3 Å². The van der Waals surface area contributed by atoms with Crippen LogP contribution < -0.4 is 11.1 Å². The van der Waals surface area contributed by atoms with Gasteiger partial charge in [0, 0.05) is 18.7 Å². The maximum absolute atomic E-state index is 13.3. The van der Waals surface area contributed by atoms with Crippen LogP contribution in [0.25, 0.3) is 0 Å². The van der Waals surface area contributed by atoms with Crippen molar-refractivity contribution < 1.29 is 8.78 Å².